The van der Waals surface area contributed by atoms with Crippen LogP contribution in [0, 0.1) is 12.7 Å². The lowest BCUT2D eigenvalue weighted by Crippen LogP contribution is -2.29. The van der Waals surface area contributed by atoms with Crippen LogP contribution in [-0.2, 0) is 16.1 Å². The number of carbonyl (C=O) groups is 2. The summed E-state index contributed by atoms with van der Waals surface area (Å²) in [6.45, 7) is 2.90. The first-order chi connectivity index (χ1) is 10.4. The van der Waals surface area contributed by atoms with Crippen molar-refractivity contribution in [3.63, 3.8) is 0 Å². The highest BCUT2D eigenvalue weighted by atomic mass is 32.1. The smallest absolute Gasteiger partial charge is 0.326 e. The van der Waals surface area contributed by atoms with E-state index in [1.165, 1.54) is 23.6 Å². The normalized spacial score (nSPS) is 12.0. The van der Waals surface area contributed by atoms with Gasteiger partial charge in [0.05, 0.1) is 0 Å². The number of aromatic nitrogens is 1. The van der Waals surface area contributed by atoms with Crippen molar-refractivity contribution in [1.82, 2.24) is 4.57 Å². The molecule has 116 valence electrons. The van der Waals surface area contributed by atoms with E-state index in [-0.39, 0.29) is 17.0 Å². The molecule has 0 bridgehead atoms. The van der Waals surface area contributed by atoms with E-state index in [4.69, 9.17) is 4.74 Å². The fourth-order valence-corrected chi connectivity index (χ4v) is 2.60. The topological polar surface area (TPSA) is 65.4 Å². The van der Waals surface area contributed by atoms with Gasteiger partial charge in [0.25, 0.3) is 0 Å². The molecule has 0 radical (unpaired) electrons. The monoisotopic (exact) mass is 323 g/mol. The average molecular weight is 323 g/mol. The molecule has 1 aromatic carbocycles. The van der Waals surface area contributed by atoms with Crippen molar-refractivity contribution in [2.24, 2.45) is 0 Å². The number of esters is 1. The molecule has 1 atom stereocenters. The number of hydrogen-bond donors (Lipinski definition) is 0. The average Bonchev–Trinajstić information content (AvgIpc) is 2.79. The first kappa shape index (κ1) is 16.1. The molecule has 0 saturated heterocycles. The second-order valence-electron chi connectivity index (χ2n) is 4.73. The highest BCUT2D eigenvalue weighted by Gasteiger charge is 2.20. The Morgan fingerprint density at radius 1 is 1.32 bits per heavy atom. The number of halogens is 1. The van der Waals surface area contributed by atoms with Crippen LogP contribution in [0.4, 0.5) is 4.39 Å². The molecule has 0 amide bonds. The van der Waals surface area contributed by atoms with Crippen molar-refractivity contribution >= 4 is 23.1 Å². The molecule has 1 aromatic heterocycles. The zero-order chi connectivity index (χ0) is 16.3. The minimum Gasteiger partial charge on any atom is -0.453 e. The minimum absolute atomic E-state index is 0.241. The summed E-state index contributed by atoms with van der Waals surface area (Å²) >= 11 is 0.994. The Morgan fingerprint density at radius 2 is 1.95 bits per heavy atom. The fourth-order valence-electron chi connectivity index (χ4n) is 1.86. The van der Waals surface area contributed by atoms with Gasteiger partial charge in [-0.2, -0.15) is 0 Å². The number of nitrogens with zero attached hydrogens (tertiary/aromatic N) is 1. The van der Waals surface area contributed by atoms with Crippen molar-refractivity contribution in [1.29, 1.82) is 0 Å². The molecule has 2 aromatic rings. The zero-order valence-corrected chi connectivity index (χ0v) is 12.9. The van der Waals surface area contributed by atoms with Crippen LogP contribution in [0.5, 0.6) is 0 Å². The van der Waals surface area contributed by atoms with Crippen LogP contribution in [0.1, 0.15) is 23.0 Å². The number of rotatable bonds is 5. The van der Waals surface area contributed by atoms with Gasteiger partial charge in [-0.05, 0) is 38.1 Å². The van der Waals surface area contributed by atoms with Crippen LogP contribution in [0.2, 0.25) is 0 Å². The van der Waals surface area contributed by atoms with E-state index < -0.39 is 23.7 Å². The number of carbonyl (C=O) groups excluding carboxylic acids is 2. The van der Waals surface area contributed by atoms with Crippen molar-refractivity contribution in [3.8, 4) is 0 Å². The highest BCUT2D eigenvalue weighted by molar-refractivity contribution is 7.07. The van der Waals surface area contributed by atoms with Crippen molar-refractivity contribution < 1.29 is 18.7 Å². The Kier molecular flexibility index (Phi) is 4.87. The molecule has 0 aliphatic carbocycles. The Labute approximate surface area is 130 Å². The van der Waals surface area contributed by atoms with E-state index in [9.17, 15) is 18.8 Å². The SMILES string of the molecule is Cc1csc(=O)n1CC(=O)O[C@H](C)C(=O)c1ccc(F)cc1. The number of ketones is 1. The molecule has 22 heavy (non-hydrogen) atoms. The first-order valence-electron chi connectivity index (χ1n) is 6.52. The molecular weight excluding hydrogens is 309 g/mol. The van der Waals surface area contributed by atoms with E-state index in [1.807, 2.05) is 0 Å². The predicted molar refractivity (Wildman–Crippen MR) is 79.6 cm³/mol. The van der Waals surface area contributed by atoms with Gasteiger partial charge in [-0.3, -0.25) is 19.0 Å². The molecule has 7 heteroatoms. The van der Waals surface area contributed by atoms with Crippen LogP contribution in [0.15, 0.2) is 34.4 Å². The maximum atomic E-state index is 12.8. The van der Waals surface area contributed by atoms with Crippen molar-refractivity contribution in [2.75, 3.05) is 0 Å². The van der Waals surface area contributed by atoms with E-state index in [2.05, 4.69) is 0 Å². The molecular formula is C15H14FNO4S. The van der Waals surface area contributed by atoms with Crippen LogP contribution in [0.25, 0.3) is 0 Å². The first-order valence-corrected chi connectivity index (χ1v) is 7.40. The molecule has 0 saturated carbocycles. The maximum absolute atomic E-state index is 12.8. The van der Waals surface area contributed by atoms with Gasteiger partial charge in [-0.15, -0.1) is 0 Å². The van der Waals surface area contributed by atoms with Gasteiger partial charge >= 0.3 is 10.8 Å². The molecule has 1 heterocycles. The maximum Gasteiger partial charge on any atom is 0.326 e. The Balaban J connectivity index is 2.00. The summed E-state index contributed by atoms with van der Waals surface area (Å²) in [5.74, 6) is -1.55. The zero-order valence-electron chi connectivity index (χ0n) is 12.0. The third-order valence-corrected chi connectivity index (χ3v) is 3.95. The number of Topliss-reactive ketones (excluding diaryl/α,β-unsaturated/α-hetero) is 1. The van der Waals surface area contributed by atoms with Crippen LogP contribution < -0.4 is 4.87 Å². The number of hydrogen-bond acceptors (Lipinski definition) is 5. The van der Waals surface area contributed by atoms with E-state index >= 15 is 0 Å². The number of thiazole rings is 1. The second kappa shape index (κ2) is 6.65. The molecule has 0 aliphatic heterocycles. The van der Waals surface area contributed by atoms with Gasteiger partial charge in [0.15, 0.2) is 6.10 Å². The molecule has 0 fully saturated rings. The fraction of sp³-hybridized carbons (Fsp3) is 0.267. The van der Waals surface area contributed by atoms with Crippen LogP contribution in [-0.4, -0.2) is 22.4 Å². The molecule has 2 rings (SSSR count). The third-order valence-electron chi connectivity index (χ3n) is 3.07. The lowest BCUT2D eigenvalue weighted by Gasteiger charge is -2.13. The highest BCUT2D eigenvalue weighted by Crippen LogP contribution is 2.09. The van der Waals surface area contributed by atoms with Gasteiger partial charge in [0.1, 0.15) is 12.4 Å². The van der Waals surface area contributed by atoms with Crippen LogP contribution in [0.3, 0.4) is 0 Å². The number of ether oxygens (including phenoxy) is 1. The largest absolute Gasteiger partial charge is 0.453 e. The summed E-state index contributed by atoms with van der Waals surface area (Å²) in [7, 11) is 0. The van der Waals surface area contributed by atoms with Crippen LogP contribution >= 0.6 is 11.3 Å². The standard InChI is InChI=1S/C15H14FNO4S/c1-9-8-22-15(20)17(9)7-13(18)21-10(2)14(19)11-3-5-12(16)6-4-11/h3-6,8,10H,7H2,1-2H3/t10-/m1/s1. The third kappa shape index (κ3) is 3.67. The van der Waals surface area contributed by atoms with Gasteiger partial charge in [0, 0.05) is 16.6 Å². The summed E-state index contributed by atoms with van der Waals surface area (Å²) in [5, 5.41) is 1.64. The minimum atomic E-state index is -1.01. The molecule has 0 aliphatic rings. The summed E-state index contributed by atoms with van der Waals surface area (Å²) in [6.07, 6.45) is -1.01. The number of aryl methyl sites for hydroxylation is 1. The molecule has 0 N–H and O–H groups in total. The lowest BCUT2D eigenvalue weighted by atomic mass is 10.1. The summed E-state index contributed by atoms with van der Waals surface area (Å²) in [4.78, 5) is 35.1. The van der Waals surface area contributed by atoms with E-state index in [1.54, 1.807) is 12.3 Å². The Morgan fingerprint density at radius 3 is 2.50 bits per heavy atom. The van der Waals surface area contributed by atoms with Gasteiger partial charge < -0.3 is 4.74 Å². The molecule has 5 nitrogen and oxygen atoms in total. The lowest BCUT2D eigenvalue weighted by molar-refractivity contribution is -0.147. The predicted octanol–water partition coefficient (Wildman–Crippen LogP) is 2.17. The van der Waals surface area contributed by atoms with Crippen molar-refractivity contribution in [3.05, 3.63) is 56.4 Å². The van der Waals surface area contributed by atoms with Crippen molar-refractivity contribution in [2.45, 2.75) is 26.5 Å². The molecule has 0 spiro atoms. The molecule has 0 unspecified atom stereocenters. The summed E-state index contributed by atoms with van der Waals surface area (Å²) < 4.78 is 19.1. The van der Waals surface area contributed by atoms with E-state index in [0.29, 0.717) is 5.69 Å². The number of benzene rings is 1. The summed E-state index contributed by atoms with van der Waals surface area (Å²) in [5.41, 5.74) is 0.912. The van der Waals surface area contributed by atoms with Gasteiger partial charge in [-0.25, -0.2) is 4.39 Å². The summed E-state index contributed by atoms with van der Waals surface area (Å²) in [6, 6.07) is 4.98. The second-order valence-corrected chi connectivity index (χ2v) is 5.55. The van der Waals surface area contributed by atoms with Gasteiger partial charge in [-0.1, -0.05) is 11.3 Å². The quantitative estimate of drug-likeness (QED) is 0.625. The van der Waals surface area contributed by atoms with Gasteiger partial charge in [0.2, 0.25) is 5.78 Å². The Bertz CT molecular complexity index is 748. The Hall–Kier alpha value is -2.28. The van der Waals surface area contributed by atoms with E-state index in [0.717, 1.165) is 23.5 Å².